The van der Waals surface area contributed by atoms with Crippen molar-refractivity contribution >= 4 is 51.6 Å². The first-order chi connectivity index (χ1) is 7.44. The summed E-state index contributed by atoms with van der Waals surface area (Å²) in [5.74, 6) is -6.38. The Bertz CT molecular complexity index is 279. The van der Waals surface area contributed by atoms with Crippen LogP contribution in [0.4, 0.5) is 22.0 Å². The Hall–Kier alpha value is 0.500. The van der Waals surface area contributed by atoms with Crippen LogP contribution in [0.2, 0.25) is 0 Å². The Balaban J connectivity index is 4.70. The molecular formula is C6H5F5I2O4. The Labute approximate surface area is 120 Å². The van der Waals surface area contributed by atoms with Crippen molar-refractivity contribution in [3.63, 3.8) is 0 Å². The number of halogens is 7. The van der Waals surface area contributed by atoms with E-state index in [2.05, 4.69) is 7.80 Å². The molecule has 0 aromatic carbocycles. The largest absolute Gasteiger partial charge is 0.455 e. The van der Waals surface area contributed by atoms with Gasteiger partial charge in [0.2, 0.25) is 0 Å². The number of hydrogen-bond donors (Lipinski definition) is 1. The first kappa shape index (κ1) is 17.5. The van der Waals surface area contributed by atoms with E-state index in [9.17, 15) is 26.7 Å². The predicted octanol–water partition coefficient (Wildman–Crippen LogP) is 2.57. The molecule has 17 heavy (non-hydrogen) atoms. The molecule has 0 aliphatic heterocycles. The van der Waals surface area contributed by atoms with Gasteiger partial charge < -0.3 is 12.9 Å². The molecule has 0 aliphatic carbocycles. The normalized spacial score (nSPS) is 16.5. The minimum atomic E-state index is -5.49. The Morgan fingerprint density at radius 1 is 1.24 bits per heavy atom. The molecule has 0 radical (unpaired) electrons. The fourth-order valence-electron chi connectivity index (χ4n) is 0.623. The van der Waals surface area contributed by atoms with Crippen molar-refractivity contribution < 1.29 is 39.7 Å². The highest BCUT2D eigenvalue weighted by molar-refractivity contribution is 14.1. The number of carbonyl (C=O) groups is 1. The highest BCUT2D eigenvalue weighted by Crippen LogP contribution is 2.34. The lowest BCUT2D eigenvalue weighted by atomic mass is 10.2. The molecule has 4 nitrogen and oxygen atoms in total. The third-order valence-electron chi connectivity index (χ3n) is 1.43. The van der Waals surface area contributed by atoms with Gasteiger partial charge in [-0.1, -0.05) is 0 Å². The van der Waals surface area contributed by atoms with E-state index < -0.39 is 34.9 Å². The van der Waals surface area contributed by atoms with E-state index in [0.717, 1.165) is 23.0 Å². The van der Waals surface area contributed by atoms with Crippen LogP contribution in [0.5, 0.6) is 0 Å². The van der Waals surface area contributed by atoms with Crippen LogP contribution in [0, 0.1) is 0 Å². The summed E-state index contributed by atoms with van der Waals surface area (Å²) in [5.41, 5.74) is 0. The number of carbonyl (C=O) groups excluding carboxylic acids is 1. The summed E-state index contributed by atoms with van der Waals surface area (Å²) in [6.07, 6.45) is -6.59. The molecule has 0 heterocycles. The van der Waals surface area contributed by atoms with Crippen molar-refractivity contribution in [2.45, 2.75) is 22.3 Å². The molecule has 0 aromatic rings. The number of aliphatic hydroxyl groups is 1. The van der Waals surface area contributed by atoms with Crippen LogP contribution in [0.15, 0.2) is 0 Å². The van der Waals surface area contributed by atoms with Gasteiger partial charge in [0.05, 0.1) is 6.61 Å². The molecule has 0 saturated heterocycles. The summed E-state index contributed by atoms with van der Waals surface area (Å²) in [5, 5.41) is 8.94. The van der Waals surface area contributed by atoms with Gasteiger partial charge >= 0.3 is 17.9 Å². The van der Waals surface area contributed by atoms with E-state index in [1.165, 1.54) is 0 Å². The monoisotopic (exact) mass is 490 g/mol. The molecule has 1 unspecified atom stereocenters. The zero-order valence-electron chi connectivity index (χ0n) is 7.73. The number of ether oxygens (including phenoxy) is 1. The zero-order chi connectivity index (χ0) is 13.9. The van der Waals surface area contributed by atoms with Crippen molar-refractivity contribution in [3.05, 3.63) is 0 Å². The van der Waals surface area contributed by atoms with Gasteiger partial charge in [0.25, 0.3) is 3.93 Å². The smallest absolute Gasteiger partial charge is 0.390 e. The van der Waals surface area contributed by atoms with Crippen molar-refractivity contribution in [1.29, 1.82) is 0 Å². The van der Waals surface area contributed by atoms with Gasteiger partial charge in [0.1, 0.15) is 0 Å². The topological polar surface area (TPSA) is 55.8 Å². The molecule has 0 fully saturated rings. The van der Waals surface area contributed by atoms with Crippen LogP contribution in [-0.4, -0.2) is 33.6 Å². The standard InChI is InChI=1S/C6H5F5I2O4/c7-4(8,12)1-2-16-5(15,3(14)17-13)6(9,10)11/h15H,1-2H2. The fourth-order valence-corrected chi connectivity index (χ4v) is 1.14. The van der Waals surface area contributed by atoms with Crippen LogP contribution >= 0.6 is 45.6 Å². The fraction of sp³-hybridized carbons (Fsp3) is 0.833. The molecular weight excluding hydrogens is 485 g/mol. The Morgan fingerprint density at radius 3 is 2.00 bits per heavy atom. The summed E-state index contributed by atoms with van der Waals surface area (Å²) < 4.78 is 65.6. The zero-order valence-corrected chi connectivity index (χ0v) is 12.0. The van der Waals surface area contributed by atoms with Crippen molar-refractivity contribution in [2.75, 3.05) is 6.61 Å². The minimum absolute atomic E-state index is 0.682. The first-order valence-corrected chi connectivity index (χ1v) is 5.73. The molecule has 0 aliphatic rings. The Morgan fingerprint density at radius 2 is 1.71 bits per heavy atom. The third kappa shape index (κ3) is 5.34. The first-order valence-electron chi connectivity index (χ1n) is 3.77. The average Bonchev–Trinajstić information content (AvgIpc) is 2.12. The molecule has 1 N–H and O–H groups in total. The van der Waals surface area contributed by atoms with Gasteiger partial charge in [-0.25, -0.2) is 4.79 Å². The molecule has 0 rings (SSSR count). The van der Waals surface area contributed by atoms with Crippen LogP contribution in [0.25, 0.3) is 0 Å². The van der Waals surface area contributed by atoms with Crippen LogP contribution in [-0.2, 0) is 12.6 Å². The summed E-state index contributed by atoms with van der Waals surface area (Å²) in [7, 11) is 0. The van der Waals surface area contributed by atoms with E-state index in [0.29, 0.717) is 22.6 Å². The third-order valence-corrected chi connectivity index (χ3v) is 2.37. The predicted molar refractivity (Wildman–Crippen MR) is 60.7 cm³/mol. The summed E-state index contributed by atoms with van der Waals surface area (Å²) >= 11 is 1.49. The quantitative estimate of drug-likeness (QED) is 0.279. The highest BCUT2D eigenvalue weighted by atomic mass is 127. The maximum atomic E-state index is 12.3. The van der Waals surface area contributed by atoms with Crippen molar-refractivity contribution in [1.82, 2.24) is 0 Å². The van der Waals surface area contributed by atoms with Gasteiger partial charge in [-0.05, 0) is 22.6 Å². The van der Waals surface area contributed by atoms with E-state index in [-0.39, 0.29) is 0 Å². The van der Waals surface area contributed by atoms with Crippen LogP contribution < -0.4 is 0 Å². The van der Waals surface area contributed by atoms with E-state index in [1.807, 2.05) is 0 Å². The molecule has 0 saturated carbocycles. The second-order valence-corrected chi connectivity index (χ2v) is 4.74. The molecule has 102 valence electrons. The summed E-state index contributed by atoms with van der Waals surface area (Å²) in [4.78, 5) is 10.7. The lowest BCUT2D eigenvalue weighted by molar-refractivity contribution is -0.350. The Kier molecular flexibility index (Phi) is 6.28. The summed E-state index contributed by atoms with van der Waals surface area (Å²) in [6, 6.07) is 0. The molecule has 11 heteroatoms. The molecule has 0 spiro atoms. The lowest BCUT2D eigenvalue weighted by Gasteiger charge is -2.26. The molecule has 1 atom stereocenters. The second-order valence-electron chi connectivity index (χ2n) is 2.72. The second kappa shape index (κ2) is 6.10. The van der Waals surface area contributed by atoms with E-state index >= 15 is 0 Å². The molecule has 0 amide bonds. The summed E-state index contributed by atoms with van der Waals surface area (Å²) in [6.45, 7) is -1.17. The lowest BCUT2D eigenvalue weighted by Crippen LogP contribution is -2.54. The number of alkyl halides is 6. The van der Waals surface area contributed by atoms with Crippen LogP contribution in [0.1, 0.15) is 6.42 Å². The number of hydrogen-bond acceptors (Lipinski definition) is 4. The molecule has 0 bridgehead atoms. The van der Waals surface area contributed by atoms with Gasteiger partial charge in [0.15, 0.2) is 23.0 Å². The maximum Gasteiger partial charge on any atom is 0.455 e. The van der Waals surface area contributed by atoms with Gasteiger partial charge in [-0.2, -0.15) is 22.0 Å². The minimum Gasteiger partial charge on any atom is -0.390 e. The average molecular weight is 490 g/mol. The van der Waals surface area contributed by atoms with E-state index in [4.69, 9.17) is 5.11 Å². The SMILES string of the molecule is O=C(OI)C(O)(OCCC(F)(F)I)C(F)(F)F. The number of rotatable bonds is 5. The van der Waals surface area contributed by atoms with Gasteiger partial charge in [-0.15, -0.1) is 0 Å². The maximum absolute atomic E-state index is 12.3. The van der Waals surface area contributed by atoms with E-state index in [1.54, 1.807) is 0 Å². The van der Waals surface area contributed by atoms with Crippen LogP contribution in [0.3, 0.4) is 0 Å². The highest BCUT2D eigenvalue weighted by Gasteiger charge is 2.63. The van der Waals surface area contributed by atoms with Crippen molar-refractivity contribution in [2.24, 2.45) is 0 Å². The van der Waals surface area contributed by atoms with Gasteiger partial charge in [0, 0.05) is 6.42 Å². The van der Waals surface area contributed by atoms with Crippen molar-refractivity contribution in [3.8, 4) is 0 Å². The van der Waals surface area contributed by atoms with Gasteiger partial charge in [-0.3, -0.25) is 0 Å². The molecule has 0 aromatic heterocycles.